The van der Waals surface area contributed by atoms with Gasteiger partial charge in [-0.15, -0.1) is 0 Å². The molecule has 4 nitrogen and oxygen atoms in total. The average Bonchev–Trinajstić information content (AvgIpc) is 2.29. The van der Waals surface area contributed by atoms with Crippen LogP contribution in [-0.4, -0.2) is 30.3 Å². The van der Waals surface area contributed by atoms with Crippen molar-refractivity contribution in [1.82, 2.24) is 9.97 Å². The predicted octanol–water partition coefficient (Wildman–Crippen LogP) is 2.42. The molecule has 1 aromatic rings. The summed E-state index contributed by atoms with van der Waals surface area (Å²) in [6.45, 7) is 5.09. The smallest absolute Gasteiger partial charge is 0.221 e. The van der Waals surface area contributed by atoms with E-state index in [0.29, 0.717) is 30.1 Å². The summed E-state index contributed by atoms with van der Waals surface area (Å²) in [7, 11) is 1.67. The monoisotopic (exact) mass is 244 g/mol. The van der Waals surface area contributed by atoms with E-state index >= 15 is 0 Å². The second kappa shape index (κ2) is 6.66. The molecule has 90 valence electrons. The van der Waals surface area contributed by atoms with E-state index in [1.165, 1.54) is 0 Å². The van der Waals surface area contributed by atoms with Crippen LogP contribution in [0.1, 0.15) is 24.7 Å². The zero-order valence-corrected chi connectivity index (χ0v) is 10.7. The van der Waals surface area contributed by atoms with Crippen LogP contribution in [0, 0.1) is 6.92 Å². The highest BCUT2D eigenvalue weighted by Gasteiger charge is 2.09. The van der Waals surface area contributed by atoms with Gasteiger partial charge in [0.2, 0.25) is 5.88 Å². The van der Waals surface area contributed by atoms with Gasteiger partial charge in [0.1, 0.15) is 11.0 Å². The Morgan fingerprint density at radius 1 is 1.25 bits per heavy atom. The molecule has 0 aliphatic rings. The molecule has 0 N–H and O–H groups in total. The topological polar surface area (TPSA) is 44.2 Å². The molecule has 0 radical (unpaired) electrons. The Morgan fingerprint density at radius 2 is 2.00 bits per heavy atom. The molecule has 0 amide bonds. The lowest BCUT2D eigenvalue weighted by molar-refractivity contribution is 0.170. The normalized spacial score (nSPS) is 10.5. The van der Waals surface area contributed by atoms with E-state index < -0.39 is 0 Å². The Kier molecular flexibility index (Phi) is 5.49. The molecule has 0 saturated carbocycles. The molecule has 1 heterocycles. The minimum atomic E-state index is 0.466. The van der Waals surface area contributed by atoms with Gasteiger partial charge >= 0.3 is 0 Å². The number of hydrogen-bond donors (Lipinski definition) is 0. The van der Waals surface area contributed by atoms with E-state index in [0.717, 1.165) is 18.4 Å². The highest BCUT2D eigenvalue weighted by Crippen LogP contribution is 2.22. The minimum absolute atomic E-state index is 0.466. The van der Waals surface area contributed by atoms with Crippen LogP contribution < -0.4 is 4.74 Å². The van der Waals surface area contributed by atoms with Crippen LogP contribution in [0.5, 0.6) is 5.88 Å². The summed E-state index contributed by atoms with van der Waals surface area (Å²) < 4.78 is 10.5. The largest absolute Gasteiger partial charge is 0.477 e. The third-order valence-electron chi connectivity index (χ3n) is 2.14. The molecular weight excluding hydrogens is 228 g/mol. The van der Waals surface area contributed by atoms with Crippen LogP contribution in [0.2, 0.25) is 5.15 Å². The molecule has 0 bridgehead atoms. The maximum absolute atomic E-state index is 5.98. The maximum Gasteiger partial charge on any atom is 0.221 e. The van der Waals surface area contributed by atoms with Crippen molar-refractivity contribution < 1.29 is 9.47 Å². The van der Waals surface area contributed by atoms with Gasteiger partial charge in [-0.05, 0) is 6.92 Å². The van der Waals surface area contributed by atoms with E-state index in [1.807, 2.05) is 13.8 Å². The zero-order valence-electron chi connectivity index (χ0n) is 9.92. The minimum Gasteiger partial charge on any atom is -0.477 e. The summed E-state index contributed by atoms with van der Waals surface area (Å²) in [6, 6.07) is 0. The van der Waals surface area contributed by atoms with Gasteiger partial charge in [0.15, 0.2) is 0 Å². The Bertz CT molecular complexity index is 345. The summed E-state index contributed by atoms with van der Waals surface area (Å²) in [5, 5.41) is 0.466. The lowest BCUT2D eigenvalue weighted by Crippen LogP contribution is -2.06. The molecule has 0 unspecified atom stereocenters. The molecule has 0 spiro atoms. The molecule has 0 aromatic carbocycles. The molecule has 0 atom stereocenters. The first-order chi connectivity index (χ1) is 7.69. The number of nitrogens with zero attached hydrogens (tertiary/aromatic N) is 2. The first kappa shape index (κ1) is 13.2. The van der Waals surface area contributed by atoms with Crippen LogP contribution >= 0.6 is 11.6 Å². The Hall–Kier alpha value is -0.870. The third kappa shape index (κ3) is 3.61. The quantitative estimate of drug-likeness (QED) is 0.570. The van der Waals surface area contributed by atoms with E-state index in [4.69, 9.17) is 21.1 Å². The van der Waals surface area contributed by atoms with Crippen molar-refractivity contribution in [3.8, 4) is 5.88 Å². The van der Waals surface area contributed by atoms with Crippen LogP contribution in [0.4, 0.5) is 0 Å². The summed E-state index contributed by atoms with van der Waals surface area (Å²) in [5.41, 5.74) is 0.788. The van der Waals surface area contributed by atoms with Crippen LogP contribution in [-0.2, 0) is 11.2 Å². The van der Waals surface area contributed by atoms with E-state index in [9.17, 15) is 0 Å². The van der Waals surface area contributed by atoms with E-state index in [1.54, 1.807) is 7.11 Å². The molecule has 5 heteroatoms. The maximum atomic E-state index is 5.98. The lowest BCUT2D eigenvalue weighted by atomic mass is 10.3. The van der Waals surface area contributed by atoms with Crippen molar-refractivity contribution in [2.45, 2.75) is 26.7 Å². The van der Waals surface area contributed by atoms with Gasteiger partial charge in [0.25, 0.3) is 0 Å². The number of halogens is 1. The van der Waals surface area contributed by atoms with Crippen molar-refractivity contribution in [3.05, 3.63) is 16.5 Å². The summed E-state index contributed by atoms with van der Waals surface area (Å²) in [6.07, 6.45) is 1.58. The lowest BCUT2D eigenvalue weighted by Gasteiger charge is -2.09. The second-order valence-corrected chi connectivity index (χ2v) is 3.77. The summed E-state index contributed by atoms with van der Waals surface area (Å²) in [5.74, 6) is 1.28. The molecule has 0 fully saturated rings. The average molecular weight is 245 g/mol. The van der Waals surface area contributed by atoms with Gasteiger partial charge in [-0.3, -0.25) is 0 Å². The van der Waals surface area contributed by atoms with Gasteiger partial charge in [0, 0.05) is 32.1 Å². The standard InChI is InChI=1S/C11H17ClN2O2/c1-4-9-13-10(12)8(2)11(14-9)16-7-5-6-15-3/h4-7H2,1-3H3. The third-order valence-corrected chi connectivity index (χ3v) is 2.50. The molecule has 16 heavy (non-hydrogen) atoms. The van der Waals surface area contributed by atoms with Crippen molar-refractivity contribution in [1.29, 1.82) is 0 Å². The first-order valence-corrected chi connectivity index (χ1v) is 5.71. The number of hydrogen-bond acceptors (Lipinski definition) is 4. The zero-order chi connectivity index (χ0) is 12.0. The molecule has 1 rings (SSSR count). The summed E-state index contributed by atoms with van der Waals surface area (Å²) >= 11 is 5.98. The van der Waals surface area contributed by atoms with Gasteiger partial charge in [-0.25, -0.2) is 4.98 Å². The number of aromatic nitrogens is 2. The molecule has 0 saturated heterocycles. The van der Waals surface area contributed by atoms with Gasteiger partial charge in [0.05, 0.1) is 6.61 Å². The number of aryl methyl sites for hydroxylation is 1. The van der Waals surface area contributed by atoms with Gasteiger partial charge < -0.3 is 9.47 Å². The van der Waals surface area contributed by atoms with E-state index in [2.05, 4.69) is 9.97 Å². The number of ether oxygens (including phenoxy) is 2. The van der Waals surface area contributed by atoms with Crippen molar-refractivity contribution >= 4 is 11.6 Å². The number of rotatable bonds is 6. The first-order valence-electron chi connectivity index (χ1n) is 5.33. The Morgan fingerprint density at radius 3 is 2.62 bits per heavy atom. The highest BCUT2D eigenvalue weighted by molar-refractivity contribution is 6.30. The predicted molar refractivity (Wildman–Crippen MR) is 63.1 cm³/mol. The van der Waals surface area contributed by atoms with Gasteiger partial charge in [-0.1, -0.05) is 18.5 Å². The Labute approximate surface area is 101 Å². The fraction of sp³-hybridized carbons (Fsp3) is 0.636. The fourth-order valence-corrected chi connectivity index (χ4v) is 1.36. The summed E-state index contributed by atoms with van der Waals surface area (Å²) in [4.78, 5) is 8.44. The van der Waals surface area contributed by atoms with Crippen molar-refractivity contribution in [2.75, 3.05) is 20.3 Å². The fourth-order valence-electron chi connectivity index (χ4n) is 1.18. The SMILES string of the molecule is CCc1nc(Cl)c(C)c(OCCCOC)n1. The van der Waals surface area contributed by atoms with Crippen LogP contribution in [0.25, 0.3) is 0 Å². The molecule has 1 aromatic heterocycles. The molecule has 0 aliphatic carbocycles. The number of methoxy groups -OCH3 is 1. The molecular formula is C11H17ClN2O2. The van der Waals surface area contributed by atoms with Crippen molar-refractivity contribution in [3.63, 3.8) is 0 Å². The second-order valence-electron chi connectivity index (χ2n) is 3.41. The highest BCUT2D eigenvalue weighted by atomic mass is 35.5. The van der Waals surface area contributed by atoms with Gasteiger partial charge in [-0.2, -0.15) is 4.98 Å². The van der Waals surface area contributed by atoms with E-state index in [-0.39, 0.29) is 0 Å². The molecule has 0 aliphatic heterocycles. The van der Waals surface area contributed by atoms with Crippen LogP contribution in [0.3, 0.4) is 0 Å². The Balaban J connectivity index is 2.66. The van der Waals surface area contributed by atoms with Crippen LogP contribution in [0.15, 0.2) is 0 Å². The van der Waals surface area contributed by atoms with Crippen molar-refractivity contribution in [2.24, 2.45) is 0 Å².